The molecule has 0 aromatic carbocycles. The van der Waals surface area contributed by atoms with Gasteiger partial charge in [0.15, 0.2) is 0 Å². The molecule has 1 aliphatic heterocycles. The fraction of sp³-hybridized carbons (Fsp3) is 0.929. The lowest BCUT2D eigenvalue weighted by Gasteiger charge is -2.38. The molecule has 1 rings (SSSR count). The van der Waals surface area contributed by atoms with E-state index in [0.717, 1.165) is 39.0 Å². The Balaban J connectivity index is 2.44. The average molecular weight is 271 g/mol. The van der Waals surface area contributed by atoms with Crippen LogP contribution in [0.15, 0.2) is 0 Å². The van der Waals surface area contributed by atoms with Gasteiger partial charge in [0, 0.05) is 38.6 Å². The molecule has 5 nitrogen and oxygen atoms in total. The molecule has 2 atom stereocenters. The largest absolute Gasteiger partial charge is 0.481 e. The van der Waals surface area contributed by atoms with Crippen LogP contribution in [-0.2, 0) is 4.79 Å². The molecular weight excluding hydrogens is 242 g/mol. The number of hydrogen-bond acceptors (Lipinski definition) is 4. The van der Waals surface area contributed by atoms with Crippen LogP contribution < -0.4 is 11.1 Å². The number of hydrogen-bond donors (Lipinski definition) is 3. The first-order chi connectivity index (χ1) is 9.01. The molecule has 0 bridgehead atoms. The highest BCUT2D eigenvalue weighted by atomic mass is 16.4. The van der Waals surface area contributed by atoms with Gasteiger partial charge in [-0.25, -0.2) is 0 Å². The molecule has 1 heterocycles. The molecule has 1 fully saturated rings. The van der Waals surface area contributed by atoms with Gasteiger partial charge in [-0.05, 0) is 31.2 Å². The maximum absolute atomic E-state index is 10.7. The van der Waals surface area contributed by atoms with E-state index < -0.39 is 5.97 Å². The van der Waals surface area contributed by atoms with Crippen molar-refractivity contribution in [2.45, 2.75) is 39.2 Å². The molecule has 0 aromatic heterocycles. The Morgan fingerprint density at radius 1 is 1.47 bits per heavy atom. The number of carboxylic acid groups (broad SMARTS) is 1. The van der Waals surface area contributed by atoms with Crippen molar-refractivity contribution in [1.29, 1.82) is 0 Å². The molecule has 0 saturated carbocycles. The van der Waals surface area contributed by atoms with Crippen molar-refractivity contribution in [2.75, 3.05) is 32.7 Å². The van der Waals surface area contributed by atoms with E-state index in [2.05, 4.69) is 24.1 Å². The van der Waals surface area contributed by atoms with Crippen LogP contribution in [0.5, 0.6) is 0 Å². The number of piperidine rings is 1. The highest BCUT2D eigenvalue weighted by Gasteiger charge is 2.26. The van der Waals surface area contributed by atoms with Gasteiger partial charge < -0.3 is 21.1 Å². The fourth-order valence-corrected chi connectivity index (χ4v) is 2.75. The molecule has 1 saturated heterocycles. The first-order valence-electron chi connectivity index (χ1n) is 7.38. The number of likely N-dealkylation sites (tertiary alicyclic amines) is 1. The first kappa shape index (κ1) is 16.4. The summed E-state index contributed by atoms with van der Waals surface area (Å²) in [5.74, 6) is 0.422. The quantitative estimate of drug-likeness (QED) is 0.607. The smallest absolute Gasteiger partial charge is 0.303 e. The van der Waals surface area contributed by atoms with E-state index in [1.54, 1.807) is 0 Å². The zero-order valence-corrected chi connectivity index (χ0v) is 12.3. The summed E-state index contributed by atoms with van der Waals surface area (Å²) < 4.78 is 0. The average Bonchev–Trinajstić information content (AvgIpc) is 2.34. The van der Waals surface area contributed by atoms with Crippen molar-refractivity contribution < 1.29 is 9.90 Å². The minimum Gasteiger partial charge on any atom is -0.481 e. The maximum atomic E-state index is 10.7. The molecule has 112 valence electrons. The Bertz CT molecular complexity index is 271. The summed E-state index contributed by atoms with van der Waals surface area (Å²) in [6.07, 6.45) is 2.13. The summed E-state index contributed by atoms with van der Waals surface area (Å²) in [4.78, 5) is 13.1. The third-order valence-corrected chi connectivity index (χ3v) is 3.64. The SMILES string of the molecule is CC(C)CNC1CC(CCC(=O)O)CN(CCN)C1. The second kappa shape index (κ2) is 8.51. The van der Waals surface area contributed by atoms with Gasteiger partial charge >= 0.3 is 5.97 Å². The van der Waals surface area contributed by atoms with Gasteiger partial charge in [-0.15, -0.1) is 0 Å². The topological polar surface area (TPSA) is 78.6 Å². The van der Waals surface area contributed by atoms with Gasteiger partial charge in [-0.2, -0.15) is 0 Å². The van der Waals surface area contributed by atoms with E-state index in [1.165, 1.54) is 0 Å². The van der Waals surface area contributed by atoms with E-state index in [0.29, 0.717) is 24.4 Å². The Morgan fingerprint density at radius 2 is 2.21 bits per heavy atom. The van der Waals surface area contributed by atoms with Crippen LogP contribution in [-0.4, -0.2) is 54.7 Å². The predicted molar refractivity (Wildman–Crippen MR) is 77.1 cm³/mol. The zero-order chi connectivity index (χ0) is 14.3. The summed E-state index contributed by atoms with van der Waals surface area (Å²) in [6, 6.07) is 0.474. The second-order valence-corrected chi connectivity index (χ2v) is 6.08. The summed E-state index contributed by atoms with van der Waals surface area (Å²) in [5.41, 5.74) is 5.64. The van der Waals surface area contributed by atoms with Gasteiger partial charge in [0.2, 0.25) is 0 Å². The van der Waals surface area contributed by atoms with Crippen molar-refractivity contribution in [3.63, 3.8) is 0 Å². The first-order valence-corrected chi connectivity index (χ1v) is 7.38. The fourth-order valence-electron chi connectivity index (χ4n) is 2.75. The molecule has 1 aliphatic rings. The van der Waals surface area contributed by atoms with Crippen LogP contribution in [0.25, 0.3) is 0 Å². The van der Waals surface area contributed by atoms with E-state index in [9.17, 15) is 4.79 Å². The summed E-state index contributed by atoms with van der Waals surface area (Å²) in [7, 11) is 0. The van der Waals surface area contributed by atoms with Crippen molar-refractivity contribution in [3.8, 4) is 0 Å². The number of carboxylic acids is 1. The molecule has 0 aromatic rings. The minimum atomic E-state index is -0.692. The van der Waals surface area contributed by atoms with Crippen molar-refractivity contribution in [1.82, 2.24) is 10.2 Å². The molecular formula is C14H29N3O2. The van der Waals surface area contributed by atoms with E-state index >= 15 is 0 Å². The van der Waals surface area contributed by atoms with Crippen LogP contribution in [0, 0.1) is 11.8 Å². The van der Waals surface area contributed by atoms with Crippen LogP contribution in [0.1, 0.15) is 33.1 Å². The van der Waals surface area contributed by atoms with Crippen LogP contribution in [0.4, 0.5) is 0 Å². The second-order valence-electron chi connectivity index (χ2n) is 6.08. The Hall–Kier alpha value is -0.650. The Morgan fingerprint density at radius 3 is 2.79 bits per heavy atom. The molecule has 0 radical (unpaired) electrons. The van der Waals surface area contributed by atoms with E-state index in [1.807, 2.05) is 0 Å². The Kier molecular flexibility index (Phi) is 7.34. The lowest BCUT2D eigenvalue weighted by Crippen LogP contribution is -2.51. The summed E-state index contributed by atoms with van der Waals surface area (Å²) >= 11 is 0. The van der Waals surface area contributed by atoms with Crippen molar-refractivity contribution >= 4 is 5.97 Å². The number of aliphatic carboxylic acids is 1. The van der Waals surface area contributed by atoms with Crippen LogP contribution in [0.2, 0.25) is 0 Å². The molecule has 4 N–H and O–H groups in total. The predicted octanol–water partition coefficient (Wildman–Crippen LogP) is 0.746. The highest BCUT2D eigenvalue weighted by molar-refractivity contribution is 5.66. The van der Waals surface area contributed by atoms with Crippen molar-refractivity contribution in [3.05, 3.63) is 0 Å². The lowest BCUT2D eigenvalue weighted by molar-refractivity contribution is -0.137. The number of nitrogens with two attached hydrogens (primary N) is 1. The van der Waals surface area contributed by atoms with Gasteiger partial charge in [-0.1, -0.05) is 13.8 Å². The summed E-state index contributed by atoms with van der Waals surface area (Å²) in [6.45, 7) is 9.03. The normalized spacial score (nSPS) is 24.8. The summed E-state index contributed by atoms with van der Waals surface area (Å²) in [5, 5.41) is 12.4. The van der Waals surface area contributed by atoms with Crippen molar-refractivity contribution in [2.24, 2.45) is 17.6 Å². The lowest BCUT2D eigenvalue weighted by atomic mass is 9.90. The van der Waals surface area contributed by atoms with Gasteiger partial charge in [-0.3, -0.25) is 4.79 Å². The van der Waals surface area contributed by atoms with E-state index in [-0.39, 0.29) is 6.42 Å². The molecule has 0 aliphatic carbocycles. The van der Waals surface area contributed by atoms with Gasteiger partial charge in [0.05, 0.1) is 0 Å². The van der Waals surface area contributed by atoms with Crippen LogP contribution >= 0.6 is 0 Å². The monoisotopic (exact) mass is 271 g/mol. The molecule has 0 spiro atoms. The zero-order valence-electron chi connectivity index (χ0n) is 12.3. The third-order valence-electron chi connectivity index (χ3n) is 3.64. The highest BCUT2D eigenvalue weighted by Crippen LogP contribution is 2.21. The standard InChI is InChI=1S/C14H29N3O2/c1-11(2)8-16-13-7-12(3-4-14(18)19)9-17(10-13)6-5-15/h11-13,16H,3-10,15H2,1-2H3,(H,18,19). The molecule has 5 heteroatoms. The maximum Gasteiger partial charge on any atom is 0.303 e. The number of nitrogens with zero attached hydrogens (tertiary/aromatic N) is 1. The number of rotatable bonds is 8. The third kappa shape index (κ3) is 6.89. The van der Waals surface area contributed by atoms with Gasteiger partial charge in [0.1, 0.15) is 0 Å². The van der Waals surface area contributed by atoms with Gasteiger partial charge in [0.25, 0.3) is 0 Å². The molecule has 2 unspecified atom stereocenters. The van der Waals surface area contributed by atoms with E-state index in [4.69, 9.17) is 10.8 Å². The number of nitrogens with one attached hydrogen (secondary N) is 1. The molecule has 19 heavy (non-hydrogen) atoms. The minimum absolute atomic E-state index is 0.276. The Labute approximate surface area is 116 Å². The number of carbonyl (C=O) groups is 1. The molecule has 0 amide bonds. The van der Waals surface area contributed by atoms with Crippen LogP contribution in [0.3, 0.4) is 0 Å².